The van der Waals surface area contributed by atoms with Crippen molar-refractivity contribution < 1.29 is 24.9 Å². The Morgan fingerprint density at radius 2 is 1.74 bits per heavy atom. The highest BCUT2D eigenvalue weighted by molar-refractivity contribution is 6.33. The summed E-state index contributed by atoms with van der Waals surface area (Å²) in [6.45, 7) is 9.38. The Balaban J connectivity index is 2.48. The molecule has 0 saturated heterocycles. The molecule has 0 aliphatic carbocycles. The first-order chi connectivity index (χ1) is 12.5. The summed E-state index contributed by atoms with van der Waals surface area (Å²) < 4.78 is 5.26. The number of rotatable bonds is 9. The van der Waals surface area contributed by atoms with E-state index in [1.54, 1.807) is 6.92 Å². The van der Waals surface area contributed by atoms with Crippen molar-refractivity contribution in [3.63, 3.8) is 0 Å². The van der Waals surface area contributed by atoms with Gasteiger partial charge in [0.15, 0.2) is 0 Å². The average molecular weight is 401 g/mol. The maximum absolute atomic E-state index is 11.7. The molecule has 1 atom stereocenters. The van der Waals surface area contributed by atoms with E-state index in [9.17, 15) is 20.1 Å². The Morgan fingerprint density at radius 1 is 1.11 bits per heavy atom. The van der Waals surface area contributed by atoms with Crippen molar-refractivity contribution in [2.75, 3.05) is 6.61 Å². The number of carbonyl (C=O) groups is 1. The summed E-state index contributed by atoms with van der Waals surface area (Å²) in [4.78, 5) is 11.7. The summed E-state index contributed by atoms with van der Waals surface area (Å²) in [6.07, 6.45) is 3.96. The molecule has 0 saturated carbocycles. The molecule has 0 radical (unpaired) electrons. The van der Waals surface area contributed by atoms with Crippen LogP contribution in [-0.4, -0.2) is 27.9 Å². The molecule has 1 aromatic rings. The maximum atomic E-state index is 11.7. The van der Waals surface area contributed by atoms with E-state index < -0.39 is 5.41 Å². The number of phenols is 2. The van der Waals surface area contributed by atoms with E-state index in [-0.39, 0.29) is 29.1 Å². The van der Waals surface area contributed by atoms with Crippen molar-refractivity contribution in [2.24, 2.45) is 11.3 Å². The van der Waals surface area contributed by atoms with Crippen molar-refractivity contribution in [2.45, 2.75) is 73.3 Å². The van der Waals surface area contributed by atoms with Crippen LogP contribution in [0, 0.1) is 18.3 Å². The zero-order valence-electron chi connectivity index (χ0n) is 17.1. The fraction of sp³-hybridized carbons (Fsp3) is 0.667. The summed E-state index contributed by atoms with van der Waals surface area (Å²) >= 11 is 6.12. The van der Waals surface area contributed by atoms with Gasteiger partial charge >= 0.3 is 5.97 Å². The van der Waals surface area contributed by atoms with Crippen LogP contribution in [-0.2, 0) is 22.6 Å². The van der Waals surface area contributed by atoms with E-state index in [4.69, 9.17) is 16.3 Å². The van der Waals surface area contributed by atoms with Crippen molar-refractivity contribution in [3.8, 4) is 11.5 Å². The monoisotopic (exact) mass is 400 g/mol. The van der Waals surface area contributed by atoms with Gasteiger partial charge in [0.25, 0.3) is 0 Å². The number of halogens is 1. The van der Waals surface area contributed by atoms with Crippen LogP contribution in [0.4, 0.5) is 0 Å². The quantitative estimate of drug-likeness (QED) is 0.406. The predicted octanol–water partition coefficient (Wildman–Crippen LogP) is 4.88. The lowest BCUT2D eigenvalue weighted by Crippen LogP contribution is -2.23. The largest absolute Gasteiger partial charge is 0.507 e. The van der Waals surface area contributed by atoms with Gasteiger partial charge in [0, 0.05) is 11.1 Å². The minimum absolute atomic E-state index is 0.0711. The van der Waals surface area contributed by atoms with Crippen LogP contribution in [0.3, 0.4) is 0 Å². The smallest absolute Gasteiger partial charge is 0.311 e. The van der Waals surface area contributed by atoms with Crippen LogP contribution < -0.4 is 0 Å². The number of benzene rings is 1. The summed E-state index contributed by atoms with van der Waals surface area (Å²) in [5.41, 5.74) is 0.775. The molecule has 5 nitrogen and oxygen atoms in total. The normalized spacial score (nSPS) is 12.9. The number of aromatic hydroxyl groups is 2. The van der Waals surface area contributed by atoms with E-state index in [1.807, 2.05) is 20.8 Å². The summed E-state index contributed by atoms with van der Waals surface area (Å²) in [5.74, 6) is 0.0144. The number of hydrogen-bond acceptors (Lipinski definition) is 5. The molecular weight excluding hydrogens is 368 g/mol. The van der Waals surface area contributed by atoms with E-state index in [0.717, 1.165) is 25.7 Å². The molecule has 1 aromatic carbocycles. The number of carbonyl (C=O) groups excluding carboxylic acids is 1. The topological polar surface area (TPSA) is 87.0 Å². The molecular formula is C21H33ClO5. The zero-order chi connectivity index (χ0) is 20.8. The number of esters is 1. The Bertz CT molecular complexity index is 649. The van der Waals surface area contributed by atoms with E-state index >= 15 is 0 Å². The van der Waals surface area contributed by atoms with Gasteiger partial charge in [0.2, 0.25) is 0 Å². The van der Waals surface area contributed by atoms with Crippen molar-refractivity contribution >= 4 is 17.6 Å². The lowest BCUT2D eigenvalue weighted by Gasteiger charge is -2.18. The van der Waals surface area contributed by atoms with Crippen LogP contribution in [0.25, 0.3) is 0 Å². The number of hydrogen-bond donors (Lipinski definition) is 3. The van der Waals surface area contributed by atoms with Gasteiger partial charge in [-0.05, 0) is 64.9 Å². The Kier molecular flexibility index (Phi) is 8.89. The molecule has 0 heterocycles. The lowest BCUT2D eigenvalue weighted by atomic mass is 9.93. The average Bonchev–Trinajstić information content (AvgIpc) is 2.59. The lowest BCUT2D eigenvalue weighted by molar-refractivity contribution is -0.153. The van der Waals surface area contributed by atoms with Gasteiger partial charge in [-0.2, -0.15) is 0 Å². The van der Waals surface area contributed by atoms with Crippen molar-refractivity contribution in [3.05, 3.63) is 21.7 Å². The molecule has 3 N–H and O–H groups in total. The minimum Gasteiger partial charge on any atom is -0.507 e. The predicted molar refractivity (Wildman–Crippen MR) is 107 cm³/mol. The van der Waals surface area contributed by atoms with Gasteiger partial charge < -0.3 is 20.1 Å². The molecule has 0 aliphatic heterocycles. The van der Waals surface area contributed by atoms with Crippen LogP contribution in [0.5, 0.6) is 11.5 Å². The van der Waals surface area contributed by atoms with E-state index in [1.165, 1.54) is 0 Å². The molecule has 0 aliphatic rings. The van der Waals surface area contributed by atoms with Gasteiger partial charge in [-0.25, -0.2) is 0 Å². The highest BCUT2D eigenvalue weighted by Gasteiger charge is 2.23. The highest BCUT2D eigenvalue weighted by Crippen LogP contribution is 2.41. The van der Waals surface area contributed by atoms with Gasteiger partial charge in [-0.3, -0.25) is 4.79 Å². The molecule has 1 unspecified atom stereocenters. The Labute approximate surface area is 167 Å². The molecule has 0 spiro atoms. The molecule has 154 valence electrons. The highest BCUT2D eigenvalue weighted by atomic mass is 35.5. The van der Waals surface area contributed by atoms with Gasteiger partial charge in [0.1, 0.15) is 11.5 Å². The van der Waals surface area contributed by atoms with E-state index in [2.05, 4.69) is 6.92 Å². The minimum atomic E-state index is -0.472. The molecule has 0 fully saturated rings. The Hall–Kier alpha value is -1.46. The molecule has 6 heteroatoms. The number of phenolic OH excluding ortho intramolecular Hbond substituents is 1. The standard InChI is InChI=1S/C21H33ClO5/c1-13(8-6-7-11-27-20(26)21(3,4)5)9-10-15-18(24)16(12-23)14(2)17(22)19(15)25/h13,23-25H,6-12H2,1-5H3. The number of aliphatic hydroxyl groups excluding tert-OH is 1. The molecule has 0 amide bonds. The third-order valence-corrected chi connectivity index (χ3v) is 5.29. The molecule has 0 bridgehead atoms. The molecule has 27 heavy (non-hydrogen) atoms. The second kappa shape index (κ2) is 10.2. The second-order valence-electron chi connectivity index (χ2n) is 8.28. The fourth-order valence-electron chi connectivity index (χ4n) is 2.86. The Morgan fingerprint density at radius 3 is 2.30 bits per heavy atom. The summed E-state index contributed by atoms with van der Waals surface area (Å²) in [6, 6.07) is 0. The fourth-order valence-corrected chi connectivity index (χ4v) is 3.08. The number of ether oxygens (including phenoxy) is 1. The third kappa shape index (κ3) is 6.58. The zero-order valence-corrected chi connectivity index (χ0v) is 17.8. The van der Waals surface area contributed by atoms with Crippen molar-refractivity contribution in [1.29, 1.82) is 0 Å². The van der Waals surface area contributed by atoms with Crippen LogP contribution in [0.15, 0.2) is 0 Å². The van der Waals surface area contributed by atoms with E-state index in [0.29, 0.717) is 35.6 Å². The van der Waals surface area contributed by atoms with Gasteiger partial charge in [0.05, 0.1) is 23.7 Å². The summed E-state index contributed by atoms with van der Waals surface area (Å²) in [5, 5.41) is 30.2. The van der Waals surface area contributed by atoms with Crippen LogP contribution in [0.2, 0.25) is 5.02 Å². The van der Waals surface area contributed by atoms with Crippen LogP contribution >= 0.6 is 11.6 Å². The number of unbranched alkanes of at least 4 members (excludes halogenated alkanes) is 1. The SMILES string of the molecule is Cc1c(Cl)c(O)c(CCC(C)CCCCOC(=O)C(C)(C)C)c(O)c1CO. The first-order valence-corrected chi connectivity index (χ1v) is 9.88. The maximum Gasteiger partial charge on any atom is 0.311 e. The van der Waals surface area contributed by atoms with Crippen molar-refractivity contribution in [1.82, 2.24) is 0 Å². The first-order valence-electron chi connectivity index (χ1n) is 9.50. The van der Waals surface area contributed by atoms with Gasteiger partial charge in [-0.1, -0.05) is 24.9 Å². The summed E-state index contributed by atoms with van der Waals surface area (Å²) in [7, 11) is 0. The molecule has 1 rings (SSSR count). The second-order valence-corrected chi connectivity index (χ2v) is 8.65. The third-order valence-electron chi connectivity index (χ3n) is 4.83. The van der Waals surface area contributed by atoms with Crippen LogP contribution in [0.1, 0.15) is 70.1 Å². The first kappa shape index (κ1) is 23.6. The molecule has 0 aromatic heterocycles. The van der Waals surface area contributed by atoms with Gasteiger partial charge in [-0.15, -0.1) is 0 Å². The number of aliphatic hydroxyl groups is 1.